The van der Waals surface area contributed by atoms with Gasteiger partial charge >= 0.3 is 0 Å². The molecule has 3 rings (SSSR count). The van der Waals surface area contributed by atoms with E-state index in [1.807, 2.05) is 19.1 Å². The van der Waals surface area contributed by atoms with Crippen LogP contribution in [-0.4, -0.2) is 15.5 Å². The molecule has 1 N–H and O–H groups in total. The highest BCUT2D eigenvalue weighted by atomic mass is 79.9. The summed E-state index contributed by atoms with van der Waals surface area (Å²) in [4.78, 5) is 28.5. The van der Waals surface area contributed by atoms with Gasteiger partial charge in [-0.2, -0.15) is 0 Å². The Labute approximate surface area is 157 Å². The second-order valence-corrected chi connectivity index (χ2v) is 6.64. The summed E-state index contributed by atoms with van der Waals surface area (Å²) in [6, 6.07) is 12.8. The Morgan fingerprint density at radius 2 is 2.00 bits per heavy atom. The summed E-state index contributed by atoms with van der Waals surface area (Å²) in [6.07, 6.45) is 1.25. The fraction of sp³-hybridized carbons (Fsp3) is 0.105. The van der Waals surface area contributed by atoms with Crippen LogP contribution in [0.5, 0.6) is 0 Å². The van der Waals surface area contributed by atoms with Gasteiger partial charge in [-0.3, -0.25) is 14.2 Å². The summed E-state index contributed by atoms with van der Waals surface area (Å²) >= 11 is 3.36. The average Bonchev–Trinajstić information content (AvgIpc) is 2.60. The Balaban J connectivity index is 1.77. The minimum atomic E-state index is -0.458. The van der Waals surface area contributed by atoms with E-state index in [9.17, 15) is 14.0 Å². The Hall–Kier alpha value is -2.80. The monoisotopic (exact) mass is 415 g/mol. The lowest BCUT2D eigenvalue weighted by Gasteiger charge is -2.10. The van der Waals surface area contributed by atoms with Gasteiger partial charge in [0.25, 0.3) is 5.56 Å². The number of aryl methyl sites for hydroxylation is 1. The topological polar surface area (TPSA) is 64.0 Å². The van der Waals surface area contributed by atoms with E-state index in [1.165, 1.54) is 23.0 Å². The van der Waals surface area contributed by atoms with Crippen molar-refractivity contribution in [1.29, 1.82) is 0 Å². The summed E-state index contributed by atoms with van der Waals surface area (Å²) < 4.78 is 15.9. The first-order valence-corrected chi connectivity index (χ1v) is 8.61. The highest BCUT2D eigenvalue weighted by Crippen LogP contribution is 2.20. The molecular formula is C19H15BrFN3O2. The molecule has 0 aliphatic rings. The molecule has 3 aromatic rings. The highest BCUT2D eigenvalue weighted by molar-refractivity contribution is 9.10. The van der Waals surface area contributed by atoms with Crippen molar-refractivity contribution in [2.24, 2.45) is 0 Å². The predicted molar refractivity (Wildman–Crippen MR) is 101 cm³/mol. The number of halogens is 2. The summed E-state index contributed by atoms with van der Waals surface area (Å²) in [6.45, 7) is 1.69. The average molecular weight is 416 g/mol. The lowest BCUT2D eigenvalue weighted by molar-refractivity contribution is -0.116. The minimum absolute atomic E-state index is 0.182. The van der Waals surface area contributed by atoms with Crippen LogP contribution in [0.3, 0.4) is 0 Å². The summed E-state index contributed by atoms with van der Waals surface area (Å²) in [7, 11) is 0. The molecule has 0 aliphatic carbocycles. The van der Waals surface area contributed by atoms with E-state index in [-0.39, 0.29) is 23.7 Å². The third-order valence-corrected chi connectivity index (χ3v) is 4.30. The fourth-order valence-electron chi connectivity index (χ4n) is 2.47. The summed E-state index contributed by atoms with van der Waals surface area (Å²) in [5.41, 5.74) is 1.61. The van der Waals surface area contributed by atoms with Crippen molar-refractivity contribution in [3.8, 4) is 11.3 Å². The van der Waals surface area contributed by atoms with E-state index >= 15 is 0 Å². The largest absolute Gasteiger partial charge is 0.324 e. The molecule has 0 bridgehead atoms. The second kappa shape index (κ2) is 7.61. The number of carbonyl (C=O) groups is 1. The van der Waals surface area contributed by atoms with Crippen LogP contribution < -0.4 is 10.9 Å². The van der Waals surface area contributed by atoms with Crippen LogP contribution in [0.2, 0.25) is 0 Å². The Bertz CT molecular complexity index is 1030. The van der Waals surface area contributed by atoms with Crippen molar-refractivity contribution in [1.82, 2.24) is 9.55 Å². The fourth-order valence-corrected chi connectivity index (χ4v) is 2.95. The molecule has 2 aromatic carbocycles. The zero-order valence-electron chi connectivity index (χ0n) is 13.9. The number of aromatic nitrogens is 2. The number of hydrogen-bond donors (Lipinski definition) is 1. The Morgan fingerprint density at radius 1 is 1.23 bits per heavy atom. The molecule has 7 heteroatoms. The maximum atomic E-state index is 13.8. The maximum absolute atomic E-state index is 13.8. The van der Waals surface area contributed by atoms with Gasteiger partial charge in [-0.15, -0.1) is 0 Å². The highest BCUT2D eigenvalue weighted by Gasteiger charge is 2.10. The number of nitrogens with one attached hydrogen (secondary N) is 1. The van der Waals surface area contributed by atoms with E-state index in [2.05, 4.69) is 26.2 Å². The normalized spacial score (nSPS) is 10.6. The van der Waals surface area contributed by atoms with Gasteiger partial charge in [0.15, 0.2) is 0 Å². The number of nitrogens with zero attached hydrogens (tertiary/aromatic N) is 2. The maximum Gasteiger partial charge on any atom is 0.254 e. The number of anilines is 1. The molecule has 0 atom stereocenters. The smallest absolute Gasteiger partial charge is 0.254 e. The zero-order valence-corrected chi connectivity index (χ0v) is 15.5. The molecule has 0 saturated heterocycles. The third-order valence-electron chi connectivity index (χ3n) is 3.81. The molecule has 26 heavy (non-hydrogen) atoms. The molecule has 1 aromatic heterocycles. The number of benzene rings is 2. The van der Waals surface area contributed by atoms with Crippen LogP contribution in [0.15, 0.2) is 64.1 Å². The number of amides is 1. The van der Waals surface area contributed by atoms with Crippen molar-refractivity contribution in [3.63, 3.8) is 0 Å². The Kier molecular flexibility index (Phi) is 5.27. The number of carbonyl (C=O) groups excluding carboxylic acids is 1. The van der Waals surface area contributed by atoms with Crippen molar-refractivity contribution in [2.75, 3.05) is 5.32 Å². The molecule has 0 spiro atoms. The van der Waals surface area contributed by atoms with Gasteiger partial charge in [-0.25, -0.2) is 9.37 Å². The molecule has 0 unspecified atom stereocenters. The Morgan fingerprint density at radius 3 is 2.69 bits per heavy atom. The van der Waals surface area contributed by atoms with Crippen LogP contribution in [0.1, 0.15) is 5.56 Å². The first-order valence-electron chi connectivity index (χ1n) is 7.81. The quantitative estimate of drug-likeness (QED) is 0.705. The summed E-state index contributed by atoms with van der Waals surface area (Å²) in [5, 5.41) is 2.76. The standard InChI is InChI=1S/C19H15BrFN3O2/c1-12-8-13(20)6-7-16(12)23-18(25)10-24-11-22-17(9-19(24)26)14-4-2-3-5-15(14)21/h2-9,11H,10H2,1H3,(H,23,25). The van der Waals surface area contributed by atoms with E-state index in [1.54, 1.807) is 24.3 Å². The molecule has 1 heterocycles. The van der Waals surface area contributed by atoms with E-state index < -0.39 is 11.4 Å². The van der Waals surface area contributed by atoms with Gasteiger partial charge in [-0.05, 0) is 42.8 Å². The van der Waals surface area contributed by atoms with Gasteiger partial charge in [0, 0.05) is 21.8 Å². The van der Waals surface area contributed by atoms with Gasteiger partial charge in [0.05, 0.1) is 12.0 Å². The molecule has 0 aliphatic heterocycles. The predicted octanol–water partition coefficient (Wildman–Crippen LogP) is 3.76. The number of hydrogen-bond acceptors (Lipinski definition) is 3. The minimum Gasteiger partial charge on any atom is -0.324 e. The molecular weight excluding hydrogens is 401 g/mol. The SMILES string of the molecule is Cc1cc(Br)ccc1NC(=O)Cn1cnc(-c2ccccc2F)cc1=O. The molecule has 0 saturated carbocycles. The molecule has 0 fully saturated rings. The molecule has 1 amide bonds. The first kappa shape index (κ1) is 18.0. The molecule has 5 nitrogen and oxygen atoms in total. The third kappa shape index (κ3) is 4.05. The van der Waals surface area contributed by atoms with E-state index in [4.69, 9.17) is 0 Å². The van der Waals surface area contributed by atoms with Crippen LogP contribution in [-0.2, 0) is 11.3 Å². The van der Waals surface area contributed by atoms with Crippen LogP contribution in [0.4, 0.5) is 10.1 Å². The van der Waals surface area contributed by atoms with E-state index in [0.717, 1.165) is 10.0 Å². The number of rotatable bonds is 4. The first-order chi connectivity index (χ1) is 12.4. The zero-order chi connectivity index (χ0) is 18.7. The second-order valence-electron chi connectivity index (χ2n) is 5.73. The van der Waals surface area contributed by atoms with Gasteiger partial charge in [-0.1, -0.05) is 28.1 Å². The molecule has 132 valence electrons. The van der Waals surface area contributed by atoms with Crippen molar-refractivity contribution >= 4 is 27.5 Å². The van der Waals surface area contributed by atoms with Crippen LogP contribution >= 0.6 is 15.9 Å². The molecule has 0 radical (unpaired) electrons. The van der Waals surface area contributed by atoms with Crippen LogP contribution in [0.25, 0.3) is 11.3 Å². The van der Waals surface area contributed by atoms with Crippen molar-refractivity contribution in [3.05, 3.63) is 81.1 Å². The van der Waals surface area contributed by atoms with Gasteiger partial charge in [0.2, 0.25) is 5.91 Å². The van der Waals surface area contributed by atoms with E-state index in [0.29, 0.717) is 5.69 Å². The summed E-state index contributed by atoms with van der Waals surface area (Å²) in [5.74, 6) is -0.807. The lowest BCUT2D eigenvalue weighted by atomic mass is 10.1. The lowest BCUT2D eigenvalue weighted by Crippen LogP contribution is -2.27. The van der Waals surface area contributed by atoms with Crippen molar-refractivity contribution in [2.45, 2.75) is 13.5 Å². The van der Waals surface area contributed by atoms with Crippen LogP contribution in [0, 0.1) is 12.7 Å². The van der Waals surface area contributed by atoms with Gasteiger partial charge < -0.3 is 5.32 Å². The van der Waals surface area contributed by atoms with Gasteiger partial charge in [0.1, 0.15) is 12.4 Å². The van der Waals surface area contributed by atoms with Crippen molar-refractivity contribution < 1.29 is 9.18 Å².